The Hall–Kier alpha value is -6.68. The van der Waals surface area contributed by atoms with Gasteiger partial charge >= 0.3 is 18.1 Å². The van der Waals surface area contributed by atoms with Crippen LogP contribution in [0.2, 0.25) is 0 Å². The fraction of sp³-hybridized carbons (Fsp3) is 0.225. The standard InChI is InChI=1S/C36H31F3N4O5.C4H4O4/c37-36(38,39)28-5-3-26(4-6-28)31(44)17-24-2-10-34(40-20-24)48-29-7-8-30-27(19-29)11-12-43(30)22-35(45)42-15-13-41(14-16-42)21-25-1-9-32-33(18-25)47-23-46-32;5-3(6)1-2-4(7)8/h1-12,18-20H,13-17,21-23H2;1-2H,(H,5,6)(H,7,8). The third-order valence-corrected chi connectivity index (χ3v) is 8.90. The number of aromatic nitrogens is 2. The molecule has 0 atom stereocenters. The summed E-state index contributed by atoms with van der Waals surface area (Å²) in [6.07, 6.45) is 0.0554. The van der Waals surface area contributed by atoms with E-state index in [-0.39, 0.29) is 37.0 Å². The Bertz CT molecular complexity index is 2230. The maximum absolute atomic E-state index is 13.2. The van der Waals surface area contributed by atoms with Gasteiger partial charge in [-0.05, 0) is 59.7 Å². The number of hydrogen-bond donors (Lipinski definition) is 2. The molecule has 0 radical (unpaired) electrons. The number of amides is 1. The quantitative estimate of drug-likeness (QED) is 0.119. The predicted molar refractivity (Wildman–Crippen MR) is 195 cm³/mol. The van der Waals surface area contributed by atoms with Crippen LogP contribution >= 0.6 is 0 Å². The minimum atomic E-state index is -4.45. The van der Waals surface area contributed by atoms with Crippen LogP contribution in [0.25, 0.3) is 10.9 Å². The normalized spacial score (nSPS) is 14.0. The Labute approximate surface area is 317 Å². The number of carbonyl (C=O) groups excluding carboxylic acids is 2. The second-order valence-electron chi connectivity index (χ2n) is 12.8. The van der Waals surface area contributed by atoms with Crippen LogP contribution in [0, 0.1) is 0 Å². The second kappa shape index (κ2) is 17.2. The molecule has 4 heterocycles. The summed E-state index contributed by atoms with van der Waals surface area (Å²) in [6, 6.07) is 21.0. The van der Waals surface area contributed by atoms with E-state index in [0.717, 1.165) is 59.7 Å². The van der Waals surface area contributed by atoms with Gasteiger partial charge < -0.3 is 33.9 Å². The zero-order chi connectivity index (χ0) is 39.8. The van der Waals surface area contributed by atoms with Gasteiger partial charge in [0.2, 0.25) is 18.6 Å². The molecule has 0 spiro atoms. The fourth-order valence-corrected chi connectivity index (χ4v) is 6.05. The van der Waals surface area contributed by atoms with E-state index >= 15 is 0 Å². The number of carbonyl (C=O) groups is 4. The molecule has 7 rings (SSSR count). The predicted octanol–water partition coefficient (Wildman–Crippen LogP) is 6.06. The number of alkyl halides is 3. The van der Waals surface area contributed by atoms with Crippen LogP contribution in [0.1, 0.15) is 27.0 Å². The number of ether oxygens (including phenoxy) is 3. The van der Waals surface area contributed by atoms with Crippen LogP contribution in [-0.2, 0) is 40.1 Å². The minimum absolute atomic E-state index is 0.00626. The third kappa shape index (κ3) is 10.3. The van der Waals surface area contributed by atoms with Gasteiger partial charge in [0.15, 0.2) is 17.3 Å². The third-order valence-electron chi connectivity index (χ3n) is 8.90. The van der Waals surface area contributed by atoms with Crippen LogP contribution in [0.15, 0.2) is 103 Å². The Morgan fingerprint density at radius 1 is 0.804 bits per heavy atom. The summed E-state index contributed by atoms with van der Waals surface area (Å²) in [4.78, 5) is 53.4. The Morgan fingerprint density at radius 3 is 2.16 bits per heavy atom. The maximum Gasteiger partial charge on any atom is 0.416 e. The molecule has 5 aromatic rings. The zero-order valence-corrected chi connectivity index (χ0v) is 29.6. The highest BCUT2D eigenvalue weighted by molar-refractivity contribution is 5.97. The van der Waals surface area contributed by atoms with Crippen molar-refractivity contribution < 1.29 is 56.8 Å². The Balaban J connectivity index is 0.000000601. The number of fused-ring (bicyclic) bond motifs is 2. The lowest BCUT2D eigenvalue weighted by molar-refractivity contribution is -0.137. The number of aliphatic carboxylic acids is 2. The lowest BCUT2D eigenvalue weighted by atomic mass is 10.0. The highest BCUT2D eigenvalue weighted by Crippen LogP contribution is 2.33. The van der Waals surface area contributed by atoms with Crippen molar-refractivity contribution in [2.24, 2.45) is 0 Å². The van der Waals surface area contributed by atoms with Crippen molar-refractivity contribution >= 4 is 34.5 Å². The fourth-order valence-electron chi connectivity index (χ4n) is 6.05. The first-order valence-electron chi connectivity index (χ1n) is 17.3. The van der Waals surface area contributed by atoms with Crippen LogP contribution in [0.3, 0.4) is 0 Å². The number of Topliss-reactive ketones (excluding diaryl/α,β-unsaturated/α-hetero) is 1. The van der Waals surface area contributed by atoms with E-state index in [0.29, 0.717) is 42.4 Å². The summed E-state index contributed by atoms with van der Waals surface area (Å²) in [7, 11) is 0. The number of ketones is 1. The molecule has 1 amide bonds. The SMILES string of the molecule is O=C(Cc1ccc(Oc2ccc3c(ccn3CC(=O)N3CCN(Cc4ccc5c(c4)OCO5)CC3)c2)nc1)c1ccc(C(F)(F)F)cc1.O=C(O)C=CC(=O)O. The lowest BCUT2D eigenvalue weighted by Gasteiger charge is -2.35. The van der Waals surface area contributed by atoms with Crippen molar-refractivity contribution in [1.29, 1.82) is 0 Å². The average Bonchev–Trinajstić information content (AvgIpc) is 3.81. The van der Waals surface area contributed by atoms with Gasteiger partial charge in [0.05, 0.1) is 5.56 Å². The second-order valence-corrected chi connectivity index (χ2v) is 12.8. The highest BCUT2D eigenvalue weighted by atomic mass is 19.4. The first-order chi connectivity index (χ1) is 26.8. The number of halogens is 3. The summed E-state index contributed by atoms with van der Waals surface area (Å²) in [6.45, 7) is 4.18. The largest absolute Gasteiger partial charge is 0.478 e. The topological polar surface area (TPSA) is 161 Å². The average molecular weight is 773 g/mol. The molecular weight excluding hydrogens is 737 g/mol. The molecule has 0 saturated carbocycles. The molecule has 1 fully saturated rings. The number of benzene rings is 3. The minimum Gasteiger partial charge on any atom is -0.478 e. The summed E-state index contributed by atoms with van der Waals surface area (Å²) in [5.41, 5.74) is 2.06. The van der Waals surface area contributed by atoms with E-state index < -0.39 is 23.7 Å². The summed E-state index contributed by atoms with van der Waals surface area (Å²) < 4.78 is 57.2. The van der Waals surface area contributed by atoms with E-state index in [1.54, 1.807) is 12.1 Å². The van der Waals surface area contributed by atoms with Crippen molar-refractivity contribution in [2.75, 3.05) is 33.0 Å². The van der Waals surface area contributed by atoms with E-state index in [2.05, 4.69) is 9.88 Å². The number of rotatable bonds is 11. The van der Waals surface area contributed by atoms with Crippen molar-refractivity contribution in [1.82, 2.24) is 19.4 Å². The molecule has 1 saturated heterocycles. The first kappa shape index (κ1) is 39.0. The number of carboxylic acids is 2. The van der Waals surface area contributed by atoms with Crippen LogP contribution in [0.5, 0.6) is 23.1 Å². The lowest BCUT2D eigenvalue weighted by Crippen LogP contribution is -2.49. The van der Waals surface area contributed by atoms with Gasteiger partial charge in [0.1, 0.15) is 12.3 Å². The molecule has 16 heteroatoms. The van der Waals surface area contributed by atoms with Gasteiger partial charge in [0, 0.05) is 86.2 Å². The zero-order valence-electron chi connectivity index (χ0n) is 29.6. The Morgan fingerprint density at radius 2 is 1.50 bits per heavy atom. The summed E-state index contributed by atoms with van der Waals surface area (Å²) in [5.74, 6) is -0.325. The molecule has 2 N–H and O–H groups in total. The van der Waals surface area contributed by atoms with Gasteiger partial charge in [0.25, 0.3) is 0 Å². The van der Waals surface area contributed by atoms with Gasteiger partial charge in [-0.2, -0.15) is 13.2 Å². The molecule has 0 bridgehead atoms. The molecule has 0 unspecified atom stereocenters. The van der Waals surface area contributed by atoms with Crippen LogP contribution in [0.4, 0.5) is 13.2 Å². The van der Waals surface area contributed by atoms with E-state index in [4.69, 9.17) is 24.4 Å². The molecular formula is C40H35F3N4O9. The molecule has 2 aliphatic rings. The number of hydrogen-bond acceptors (Lipinski definition) is 9. The van der Waals surface area contributed by atoms with Gasteiger partial charge in [-0.1, -0.05) is 24.3 Å². The molecule has 56 heavy (non-hydrogen) atoms. The molecule has 2 aliphatic heterocycles. The monoisotopic (exact) mass is 772 g/mol. The molecule has 290 valence electrons. The van der Waals surface area contributed by atoms with Gasteiger partial charge in [-0.15, -0.1) is 0 Å². The molecule has 3 aromatic carbocycles. The number of nitrogens with zero attached hydrogens (tertiary/aromatic N) is 4. The van der Waals surface area contributed by atoms with Crippen LogP contribution < -0.4 is 14.2 Å². The van der Waals surface area contributed by atoms with Crippen molar-refractivity contribution in [2.45, 2.75) is 25.7 Å². The van der Waals surface area contributed by atoms with E-state index in [1.807, 2.05) is 58.1 Å². The molecule has 0 aliphatic carbocycles. The van der Waals surface area contributed by atoms with Gasteiger partial charge in [-0.25, -0.2) is 14.6 Å². The highest BCUT2D eigenvalue weighted by Gasteiger charge is 2.30. The number of pyridine rings is 1. The van der Waals surface area contributed by atoms with E-state index in [9.17, 15) is 32.3 Å². The van der Waals surface area contributed by atoms with Crippen molar-refractivity contribution in [3.05, 3.63) is 126 Å². The number of piperazine rings is 1. The summed E-state index contributed by atoms with van der Waals surface area (Å²) in [5, 5.41) is 16.5. The van der Waals surface area contributed by atoms with Gasteiger partial charge in [-0.3, -0.25) is 14.5 Å². The maximum atomic E-state index is 13.2. The van der Waals surface area contributed by atoms with Crippen molar-refractivity contribution in [3.63, 3.8) is 0 Å². The van der Waals surface area contributed by atoms with Crippen molar-refractivity contribution in [3.8, 4) is 23.1 Å². The molecule has 13 nitrogen and oxygen atoms in total. The number of carboxylic acid groups (broad SMARTS) is 2. The smallest absolute Gasteiger partial charge is 0.416 e. The first-order valence-corrected chi connectivity index (χ1v) is 17.3. The Kier molecular flexibility index (Phi) is 12.0. The van der Waals surface area contributed by atoms with Crippen LogP contribution in [-0.4, -0.2) is 86.2 Å². The van der Waals surface area contributed by atoms with E-state index in [1.165, 1.54) is 18.3 Å². The summed E-state index contributed by atoms with van der Waals surface area (Å²) >= 11 is 0. The molecule has 2 aromatic heterocycles.